The quantitative estimate of drug-likeness (QED) is 0.582. The maximum atomic E-state index is 12.5. The minimum atomic E-state index is -3.87. The number of carbonyl (C=O) groups is 1. The molecule has 0 radical (unpaired) electrons. The Labute approximate surface area is 181 Å². The van der Waals surface area contributed by atoms with Crippen LogP contribution in [0.3, 0.4) is 0 Å². The number of amidine groups is 1. The summed E-state index contributed by atoms with van der Waals surface area (Å²) in [6.45, 7) is 5.24. The van der Waals surface area contributed by atoms with Gasteiger partial charge in [0.15, 0.2) is 11.6 Å². The molecule has 1 aromatic heterocycles. The number of para-hydroxylation sites is 1. The zero-order valence-corrected chi connectivity index (χ0v) is 18.9. The van der Waals surface area contributed by atoms with Gasteiger partial charge in [-0.3, -0.25) is 4.79 Å². The van der Waals surface area contributed by atoms with Gasteiger partial charge in [-0.1, -0.05) is 13.0 Å². The zero-order chi connectivity index (χ0) is 22.9. The second kappa shape index (κ2) is 8.46. The fourth-order valence-corrected chi connectivity index (χ4v) is 4.09. The fourth-order valence-electron chi connectivity index (χ4n) is 3.16. The van der Waals surface area contributed by atoms with Gasteiger partial charge in [0.1, 0.15) is 11.5 Å². The van der Waals surface area contributed by atoms with Crippen LogP contribution in [0.1, 0.15) is 48.2 Å². The van der Waals surface area contributed by atoms with Gasteiger partial charge in [0, 0.05) is 14.1 Å². The third-order valence-corrected chi connectivity index (χ3v) is 6.35. The van der Waals surface area contributed by atoms with Crippen LogP contribution in [0.2, 0.25) is 0 Å². The average Bonchev–Trinajstić information content (AvgIpc) is 3.22. The van der Waals surface area contributed by atoms with Gasteiger partial charge in [0.2, 0.25) is 0 Å². The number of hydrogen-bond acceptors (Lipinski definition) is 7. The van der Waals surface area contributed by atoms with Crippen LogP contribution in [-0.2, 0) is 10.0 Å². The molecule has 3 rings (SSSR count). The second-order valence-corrected chi connectivity index (χ2v) is 9.17. The van der Waals surface area contributed by atoms with Crippen LogP contribution >= 0.6 is 0 Å². The van der Waals surface area contributed by atoms with E-state index >= 15 is 0 Å². The average molecular weight is 447 g/mol. The number of allylic oxidation sites excluding steroid dienone is 1. The number of anilines is 1. The lowest BCUT2D eigenvalue weighted by Gasteiger charge is -2.20. The lowest BCUT2D eigenvalue weighted by atomic mass is 10.1. The Hall–Kier alpha value is -3.27. The molecule has 1 aliphatic heterocycles. The largest absolute Gasteiger partial charge is 0.505 e. The molecule has 0 aliphatic carbocycles. The third kappa shape index (κ3) is 4.43. The van der Waals surface area contributed by atoms with Gasteiger partial charge < -0.3 is 25.1 Å². The highest BCUT2D eigenvalue weighted by Crippen LogP contribution is 2.32. The molecule has 31 heavy (non-hydrogen) atoms. The maximum Gasteiger partial charge on any atom is 0.282 e. The van der Waals surface area contributed by atoms with E-state index in [2.05, 4.69) is 15.0 Å². The number of phenolic OH excluding ortho intramolecular Hbond substituents is 1. The SMILES string of the molecule is CC[C@@H](NC1=C(C)S(=O)(=O)N=C1Nc1cccc(C(=O)N(C)C)c1O)c1ccc(C)o1. The lowest BCUT2D eigenvalue weighted by molar-refractivity contribution is 0.0824. The lowest BCUT2D eigenvalue weighted by Crippen LogP contribution is -2.28. The molecule has 0 spiro atoms. The monoisotopic (exact) mass is 446 g/mol. The molecule has 0 bridgehead atoms. The Morgan fingerprint density at radius 3 is 2.52 bits per heavy atom. The summed E-state index contributed by atoms with van der Waals surface area (Å²) in [5.74, 6) is 0.777. The zero-order valence-electron chi connectivity index (χ0n) is 18.1. The number of hydrogen-bond donors (Lipinski definition) is 3. The number of benzene rings is 1. The summed E-state index contributed by atoms with van der Waals surface area (Å²) in [6.07, 6.45) is 0.634. The predicted molar refractivity (Wildman–Crippen MR) is 118 cm³/mol. The fraction of sp³-hybridized carbons (Fsp3) is 0.333. The van der Waals surface area contributed by atoms with Crippen molar-refractivity contribution in [2.24, 2.45) is 4.40 Å². The third-order valence-electron chi connectivity index (χ3n) is 4.94. The second-order valence-electron chi connectivity index (χ2n) is 7.43. The van der Waals surface area contributed by atoms with E-state index in [9.17, 15) is 18.3 Å². The molecule has 1 aromatic carbocycles. The van der Waals surface area contributed by atoms with E-state index in [0.29, 0.717) is 12.2 Å². The highest BCUT2D eigenvalue weighted by atomic mass is 32.2. The Balaban J connectivity index is 1.95. The number of sulfonamides is 1. The molecule has 1 atom stereocenters. The first-order chi connectivity index (χ1) is 14.5. The van der Waals surface area contributed by atoms with E-state index in [0.717, 1.165) is 5.76 Å². The maximum absolute atomic E-state index is 12.5. The van der Waals surface area contributed by atoms with E-state index in [4.69, 9.17) is 4.42 Å². The van der Waals surface area contributed by atoms with Crippen molar-refractivity contribution in [2.75, 3.05) is 19.4 Å². The van der Waals surface area contributed by atoms with Crippen molar-refractivity contribution in [3.8, 4) is 5.75 Å². The molecule has 0 saturated heterocycles. The van der Waals surface area contributed by atoms with Gasteiger partial charge in [0.25, 0.3) is 15.9 Å². The Kier molecular flexibility index (Phi) is 6.12. The summed E-state index contributed by atoms with van der Waals surface area (Å²) in [5, 5.41) is 16.7. The normalized spacial score (nSPS) is 16.1. The molecule has 1 amide bonds. The molecular formula is C21H26N4O5S. The molecule has 166 valence electrons. The van der Waals surface area contributed by atoms with Crippen LogP contribution in [0.25, 0.3) is 0 Å². The van der Waals surface area contributed by atoms with Gasteiger partial charge in [0.05, 0.1) is 27.9 Å². The van der Waals surface area contributed by atoms with Crippen molar-refractivity contribution in [3.63, 3.8) is 0 Å². The number of furan rings is 1. The standard InChI is InChI=1S/C21H26N4O5S/c1-6-15(17-11-10-12(2)30-17)22-18-13(3)31(28,29)24-20(18)23-16-9-7-8-14(19(16)26)21(27)25(4)5/h7-11,15,22,26H,6H2,1-5H3,(H,23,24)/t15-/m1/s1. The first-order valence-corrected chi connectivity index (χ1v) is 11.2. The summed E-state index contributed by atoms with van der Waals surface area (Å²) < 4.78 is 34.4. The van der Waals surface area contributed by atoms with Crippen molar-refractivity contribution in [2.45, 2.75) is 33.2 Å². The number of carbonyl (C=O) groups excluding carboxylic acids is 1. The van der Waals surface area contributed by atoms with Crippen molar-refractivity contribution in [3.05, 3.63) is 58.0 Å². The Morgan fingerprint density at radius 1 is 1.23 bits per heavy atom. The molecule has 2 aromatic rings. The number of nitrogens with one attached hydrogen (secondary N) is 2. The molecule has 0 saturated carbocycles. The minimum Gasteiger partial charge on any atom is -0.505 e. The van der Waals surface area contributed by atoms with Gasteiger partial charge in [-0.2, -0.15) is 8.42 Å². The highest BCUT2D eigenvalue weighted by molar-refractivity contribution is 7.94. The minimum absolute atomic E-state index is 0.0315. The van der Waals surface area contributed by atoms with Gasteiger partial charge >= 0.3 is 0 Å². The Morgan fingerprint density at radius 2 is 1.94 bits per heavy atom. The molecule has 2 heterocycles. The predicted octanol–water partition coefficient (Wildman–Crippen LogP) is 3.12. The number of aromatic hydroxyl groups is 1. The van der Waals surface area contributed by atoms with E-state index in [1.807, 2.05) is 26.0 Å². The van der Waals surface area contributed by atoms with Crippen LogP contribution in [-0.4, -0.2) is 44.3 Å². The van der Waals surface area contributed by atoms with Gasteiger partial charge in [-0.25, -0.2) is 0 Å². The number of rotatable bonds is 6. The van der Waals surface area contributed by atoms with E-state index in [-0.39, 0.29) is 45.4 Å². The van der Waals surface area contributed by atoms with Crippen LogP contribution in [0.4, 0.5) is 5.69 Å². The molecule has 0 fully saturated rings. The number of aryl methyl sites for hydroxylation is 1. The van der Waals surface area contributed by atoms with Crippen molar-refractivity contribution < 1.29 is 22.7 Å². The first kappa shape index (κ1) is 22.4. The van der Waals surface area contributed by atoms with Crippen LogP contribution < -0.4 is 10.6 Å². The molecule has 9 nitrogen and oxygen atoms in total. The van der Waals surface area contributed by atoms with Gasteiger partial charge in [-0.15, -0.1) is 4.40 Å². The summed E-state index contributed by atoms with van der Waals surface area (Å²) in [7, 11) is -0.723. The van der Waals surface area contributed by atoms with Crippen LogP contribution in [0.15, 0.2) is 49.7 Å². The summed E-state index contributed by atoms with van der Waals surface area (Å²) in [6, 6.07) is 8.01. The molecule has 10 heteroatoms. The molecular weight excluding hydrogens is 420 g/mol. The van der Waals surface area contributed by atoms with Crippen molar-refractivity contribution in [1.82, 2.24) is 10.2 Å². The highest BCUT2D eigenvalue weighted by Gasteiger charge is 2.32. The number of phenols is 1. The van der Waals surface area contributed by atoms with Crippen LogP contribution in [0.5, 0.6) is 5.75 Å². The number of nitrogens with zero attached hydrogens (tertiary/aromatic N) is 2. The summed E-state index contributed by atoms with van der Waals surface area (Å²) in [4.78, 5) is 13.7. The van der Waals surface area contributed by atoms with E-state index < -0.39 is 10.0 Å². The number of amides is 1. The summed E-state index contributed by atoms with van der Waals surface area (Å²) in [5.41, 5.74) is 0.534. The topological polar surface area (TPSA) is 124 Å². The molecule has 0 unspecified atom stereocenters. The van der Waals surface area contributed by atoms with Crippen molar-refractivity contribution >= 4 is 27.5 Å². The smallest absolute Gasteiger partial charge is 0.282 e. The molecule has 3 N–H and O–H groups in total. The van der Waals surface area contributed by atoms with E-state index in [1.54, 1.807) is 20.2 Å². The summed E-state index contributed by atoms with van der Waals surface area (Å²) >= 11 is 0. The first-order valence-electron chi connectivity index (χ1n) is 9.75. The van der Waals surface area contributed by atoms with Crippen LogP contribution in [0, 0.1) is 6.92 Å². The van der Waals surface area contributed by atoms with Crippen molar-refractivity contribution in [1.29, 1.82) is 0 Å². The molecule has 1 aliphatic rings. The Bertz CT molecular complexity index is 1180. The van der Waals surface area contributed by atoms with Gasteiger partial charge in [-0.05, 0) is 44.5 Å². The van der Waals surface area contributed by atoms with E-state index in [1.165, 1.54) is 24.0 Å².